The van der Waals surface area contributed by atoms with E-state index in [2.05, 4.69) is 24.5 Å². The topological polar surface area (TPSA) is 75.3 Å². The molecule has 2 aliphatic heterocycles. The SMILES string of the molecule is CC(C)C1(C(=O)NCC2CCS(=O)(=O)C2)CCNC1. The van der Waals surface area contributed by atoms with Crippen LogP contribution in [0.1, 0.15) is 26.7 Å². The lowest BCUT2D eigenvalue weighted by molar-refractivity contribution is -0.132. The van der Waals surface area contributed by atoms with Crippen molar-refractivity contribution in [1.29, 1.82) is 0 Å². The Kier molecular flexibility index (Phi) is 4.20. The number of carbonyl (C=O) groups excluding carboxylic acids is 1. The van der Waals surface area contributed by atoms with Gasteiger partial charge in [0.15, 0.2) is 9.84 Å². The molecule has 2 unspecified atom stereocenters. The molecule has 2 rings (SSSR count). The molecule has 2 aliphatic rings. The summed E-state index contributed by atoms with van der Waals surface area (Å²) in [6.07, 6.45) is 1.54. The van der Waals surface area contributed by atoms with Gasteiger partial charge in [0.2, 0.25) is 5.91 Å². The Balaban J connectivity index is 1.90. The fourth-order valence-electron chi connectivity index (χ4n) is 3.11. The second-order valence-electron chi connectivity index (χ2n) is 6.22. The van der Waals surface area contributed by atoms with E-state index in [4.69, 9.17) is 0 Å². The third-order valence-electron chi connectivity index (χ3n) is 4.62. The Morgan fingerprint density at radius 1 is 1.47 bits per heavy atom. The zero-order valence-corrected chi connectivity index (χ0v) is 12.6. The Morgan fingerprint density at radius 3 is 2.68 bits per heavy atom. The molecular weight excluding hydrogens is 264 g/mol. The Bertz CT molecular complexity index is 439. The molecule has 2 heterocycles. The molecule has 110 valence electrons. The summed E-state index contributed by atoms with van der Waals surface area (Å²) in [6, 6.07) is 0. The molecule has 0 aliphatic carbocycles. The van der Waals surface area contributed by atoms with Gasteiger partial charge in [-0.05, 0) is 31.2 Å². The molecule has 0 aromatic heterocycles. The lowest BCUT2D eigenvalue weighted by Crippen LogP contribution is -2.47. The summed E-state index contributed by atoms with van der Waals surface area (Å²) in [5.41, 5.74) is -0.322. The number of hydrogen-bond acceptors (Lipinski definition) is 4. The van der Waals surface area contributed by atoms with Gasteiger partial charge in [0, 0.05) is 13.1 Å². The maximum atomic E-state index is 12.4. The van der Waals surface area contributed by atoms with Crippen LogP contribution in [-0.4, -0.2) is 45.5 Å². The van der Waals surface area contributed by atoms with Crippen LogP contribution in [0.2, 0.25) is 0 Å². The van der Waals surface area contributed by atoms with E-state index in [-0.39, 0.29) is 34.7 Å². The van der Waals surface area contributed by atoms with Crippen molar-refractivity contribution in [3.63, 3.8) is 0 Å². The lowest BCUT2D eigenvalue weighted by Gasteiger charge is -2.31. The van der Waals surface area contributed by atoms with Crippen LogP contribution in [-0.2, 0) is 14.6 Å². The number of hydrogen-bond donors (Lipinski definition) is 2. The van der Waals surface area contributed by atoms with Crippen molar-refractivity contribution in [3.05, 3.63) is 0 Å². The molecule has 1 amide bonds. The van der Waals surface area contributed by atoms with E-state index in [0.29, 0.717) is 13.0 Å². The molecule has 5 nitrogen and oxygen atoms in total. The molecule has 2 fully saturated rings. The van der Waals surface area contributed by atoms with Crippen LogP contribution in [0.4, 0.5) is 0 Å². The second-order valence-corrected chi connectivity index (χ2v) is 8.45. The van der Waals surface area contributed by atoms with Crippen molar-refractivity contribution < 1.29 is 13.2 Å². The Labute approximate surface area is 115 Å². The third kappa shape index (κ3) is 3.11. The summed E-state index contributed by atoms with van der Waals surface area (Å²) in [7, 11) is -2.86. The van der Waals surface area contributed by atoms with Gasteiger partial charge in [0.1, 0.15) is 0 Å². The van der Waals surface area contributed by atoms with Crippen molar-refractivity contribution in [3.8, 4) is 0 Å². The van der Waals surface area contributed by atoms with Crippen LogP contribution in [0.15, 0.2) is 0 Å². The summed E-state index contributed by atoms with van der Waals surface area (Å²) in [5, 5.41) is 6.24. The van der Waals surface area contributed by atoms with Gasteiger partial charge in [-0.15, -0.1) is 0 Å². The van der Waals surface area contributed by atoms with Gasteiger partial charge in [-0.25, -0.2) is 8.42 Å². The first kappa shape index (κ1) is 14.8. The summed E-state index contributed by atoms with van der Waals surface area (Å²) < 4.78 is 22.8. The molecule has 0 bridgehead atoms. The van der Waals surface area contributed by atoms with Crippen LogP contribution in [0.3, 0.4) is 0 Å². The van der Waals surface area contributed by atoms with Crippen molar-refractivity contribution in [2.24, 2.45) is 17.3 Å². The molecule has 19 heavy (non-hydrogen) atoms. The number of carbonyl (C=O) groups is 1. The lowest BCUT2D eigenvalue weighted by atomic mass is 9.75. The fourth-order valence-corrected chi connectivity index (χ4v) is 4.97. The predicted molar refractivity (Wildman–Crippen MR) is 74.5 cm³/mol. The van der Waals surface area contributed by atoms with Gasteiger partial charge in [0.25, 0.3) is 0 Å². The molecule has 2 N–H and O–H groups in total. The predicted octanol–water partition coefficient (Wildman–Crippen LogP) is 0.173. The summed E-state index contributed by atoms with van der Waals surface area (Å²) >= 11 is 0. The molecular formula is C13H24N2O3S. The first-order chi connectivity index (χ1) is 8.86. The average molecular weight is 288 g/mol. The highest BCUT2D eigenvalue weighted by molar-refractivity contribution is 7.91. The summed E-state index contributed by atoms with van der Waals surface area (Å²) in [4.78, 5) is 12.4. The van der Waals surface area contributed by atoms with E-state index in [9.17, 15) is 13.2 Å². The van der Waals surface area contributed by atoms with E-state index in [1.807, 2.05) is 0 Å². The smallest absolute Gasteiger partial charge is 0.227 e. The van der Waals surface area contributed by atoms with Crippen LogP contribution < -0.4 is 10.6 Å². The van der Waals surface area contributed by atoms with Gasteiger partial charge < -0.3 is 10.6 Å². The molecule has 0 saturated carbocycles. The van der Waals surface area contributed by atoms with E-state index < -0.39 is 9.84 Å². The number of nitrogens with one attached hydrogen (secondary N) is 2. The average Bonchev–Trinajstić information content (AvgIpc) is 2.93. The van der Waals surface area contributed by atoms with Crippen LogP contribution >= 0.6 is 0 Å². The number of amides is 1. The van der Waals surface area contributed by atoms with E-state index in [0.717, 1.165) is 19.5 Å². The van der Waals surface area contributed by atoms with E-state index in [1.54, 1.807) is 0 Å². The molecule has 0 spiro atoms. The second kappa shape index (κ2) is 5.40. The maximum absolute atomic E-state index is 12.4. The quantitative estimate of drug-likeness (QED) is 0.773. The van der Waals surface area contributed by atoms with Crippen molar-refractivity contribution >= 4 is 15.7 Å². The van der Waals surface area contributed by atoms with E-state index in [1.165, 1.54) is 0 Å². The normalized spacial score (nSPS) is 33.7. The van der Waals surface area contributed by atoms with Gasteiger partial charge in [0.05, 0.1) is 16.9 Å². The first-order valence-corrected chi connectivity index (χ1v) is 8.87. The van der Waals surface area contributed by atoms with Crippen LogP contribution in [0.5, 0.6) is 0 Å². The number of rotatable bonds is 4. The first-order valence-electron chi connectivity index (χ1n) is 7.05. The monoisotopic (exact) mass is 288 g/mol. The molecule has 6 heteroatoms. The van der Waals surface area contributed by atoms with E-state index >= 15 is 0 Å². The van der Waals surface area contributed by atoms with Crippen molar-refractivity contribution in [2.75, 3.05) is 31.1 Å². The zero-order chi connectivity index (χ0) is 14.1. The zero-order valence-electron chi connectivity index (χ0n) is 11.7. The summed E-state index contributed by atoms with van der Waals surface area (Å²) in [6.45, 7) is 6.24. The van der Waals surface area contributed by atoms with Gasteiger partial charge in [-0.3, -0.25) is 4.79 Å². The minimum absolute atomic E-state index is 0.0804. The largest absolute Gasteiger partial charge is 0.355 e. The molecule has 2 atom stereocenters. The third-order valence-corrected chi connectivity index (χ3v) is 6.46. The number of sulfone groups is 1. The minimum Gasteiger partial charge on any atom is -0.355 e. The van der Waals surface area contributed by atoms with Gasteiger partial charge >= 0.3 is 0 Å². The van der Waals surface area contributed by atoms with Crippen molar-refractivity contribution in [1.82, 2.24) is 10.6 Å². The molecule has 0 aromatic carbocycles. The van der Waals surface area contributed by atoms with Gasteiger partial charge in [-0.2, -0.15) is 0 Å². The Morgan fingerprint density at radius 2 is 2.21 bits per heavy atom. The maximum Gasteiger partial charge on any atom is 0.227 e. The highest BCUT2D eigenvalue weighted by Crippen LogP contribution is 2.34. The van der Waals surface area contributed by atoms with Crippen molar-refractivity contribution in [2.45, 2.75) is 26.7 Å². The molecule has 0 aromatic rings. The summed E-state index contributed by atoms with van der Waals surface area (Å²) in [5.74, 6) is 0.948. The Hall–Kier alpha value is -0.620. The highest BCUT2D eigenvalue weighted by Gasteiger charge is 2.44. The van der Waals surface area contributed by atoms with Gasteiger partial charge in [-0.1, -0.05) is 13.8 Å². The fraction of sp³-hybridized carbons (Fsp3) is 0.923. The van der Waals surface area contributed by atoms with Crippen LogP contribution in [0, 0.1) is 17.3 Å². The molecule has 0 radical (unpaired) electrons. The highest BCUT2D eigenvalue weighted by atomic mass is 32.2. The molecule has 2 saturated heterocycles. The standard InChI is InChI=1S/C13H24N2O3S/c1-10(2)13(4-5-14-9-13)12(16)15-7-11-3-6-19(17,18)8-11/h10-11,14H,3-9H2,1-2H3,(H,15,16). The minimum atomic E-state index is -2.86. The van der Waals surface area contributed by atoms with Crippen LogP contribution in [0.25, 0.3) is 0 Å².